The molecule has 6 nitrogen and oxygen atoms in total. The Kier molecular flexibility index (Phi) is 5.03. The molecule has 3 aromatic carbocycles. The molecule has 7 heteroatoms. The lowest BCUT2D eigenvalue weighted by Crippen LogP contribution is -2.14. The van der Waals surface area contributed by atoms with Crippen molar-refractivity contribution in [1.82, 2.24) is 15.0 Å². The maximum atomic E-state index is 14.0. The molecular formula is C22H17FN4O2. The molecule has 0 aliphatic heterocycles. The molecule has 4 rings (SSSR count). The molecule has 0 bridgehead atoms. The van der Waals surface area contributed by atoms with Gasteiger partial charge in [-0.2, -0.15) is 0 Å². The summed E-state index contributed by atoms with van der Waals surface area (Å²) in [5.41, 5.74) is 1.38. The minimum Gasteiger partial charge on any atom is -0.457 e. The first-order valence-electron chi connectivity index (χ1n) is 8.93. The number of hydrogen-bond donors (Lipinski definition) is 1. The average molecular weight is 388 g/mol. The van der Waals surface area contributed by atoms with Gasteiger partial charge in [0.05, 0.1) is 5.69 Å². The SMILES string of the molecule is Cc1c(C(=O)Nc2ccc(Oc3ccccc3)cc2)nnn1-c1ccccc1F. The molecule has 1 amide bonds. The highest BCUT2D eigenvalue weighted by molar-refractivity contribution is 6.03. The van der Waals surface area contributed by atoms with Crippen molar-refractivity contribution < 1.29 is 13.9 Å². The van der Waals surface area contributed by atoms with Gasteiger partial charge in [-0.05, 0) is 55.5 Å². The minimum atomic E-state index is -0.443. The van der Waals surface area contributed by atoms with Gasteiger partial charge < -0.3 is 10.1 Å². The van der Waals surface area contributed by atoms with Crippen molar-refractivity contribution in [3.05, 3.63) is 96.1 Å². The van der Waals surface area contributed by atoms with E-state index >= 15 is 0 Å². The van der Waals surface area contributed by atoms with Gasteiger partial charge in [0, 0.05) is 5.69 Å². The zero-order chi connectivity index (χ0) is 20.2. The summed E-state index contributed by atoms with van der Waals surface area (Å²) in [7, 11) is 0. The quantitative estimate of drug-likeness (QED) is 0.535. The van der Waals surface area contributed by atoms with E-state index in [-0.39, 0.29) is 11.4 Å². The normalized spacial score (nSPS) is 10.6. The number of benzene rings is 3. The van der Waals surface area contributed by atoms with Crippen LogP contribution in [-0.2, 0) is 0 Å². The third kappa shape index (κ3) is 3.98. The molecule has 0 saturated heterocycles. The molecule has 0 aliphatic rings. The van der Waals surface area contributed by atoms with Gasteiger partial charge in [0.2, 0.25) is 0 Å². The van der Waals surface area contributed by atoms with Crippen LogP contribution in [0.3, 0.4) is 0 Å². The Hall–Kier alpha value is -4.00. The molecule has 0 spiro atoms. The van der Waals surface area contributed by atoms with Gasteiger partial charge in [-0.15, -0.1) is 5.10 Å². The number of carbonyl (C=O) groups excluding carboxylic acids is 1. The standard InChI is InChI=1S/C22H17FN4O2/c1-15-21(25-26-27(15)20-10-6-5-9-19(20)23)22(28)24-16-11-13-18(14-12-16)29-17-7-3-2-4-8-17/h2-14H,1H3,(H,24,28). The highest BCUT2D eigenvalue weighted by atomic mass is 19.1. The second kappa shape index (κ2) is 7.93. The van der Waals surface area contributed by atoms with Crippen molar-refractivity contribution in [2.45, 2.75) is 6.92 Å². The number of nitrogens with zero attached hydrogens (tertiary/aromatic N) is 3. The Morgan fingerprint density at radius 1 is 0.931 bits per heavy atom. The Balaban J connectivity index is 1.48. The van der Waals surface area contributed by atoms with Gasteiger partial charge in [0.25, 0.3) is 5.91 Å². The van der Waals surface area contributed by atoms with Crippen molar-refractivity contribution in [1.29, 1.82) is 0 Å². The van der Waals surface area contributed by atoms with Crippen LogP contribution in [0.5, 0.6) is 11.5 Å². The maximum absolute atomic E-state index is 14.0. The van der Waals surface area contributed by atoms with Gasteiger partial charge >= 0.3 is 0 Å². The fourth-order valence-electron chi connectivity index (χ4n) is 2.81. The number of aromatic nitrogens is 3. The monoisotopic (exact) mass is 388 g/mol. The fourth-order valence-corrected chi connectivity index (χ4v) is 2.81. The second-order valence-electron chi connectivity index (χ2n) is 6.28. The third-order valence-electron chi connectivity index (χ3n) is 4.28. The second-order valence-corrected chi connectivity index (χ2v) is 6.28. The van der Waals surface area contributed by atoms with Crippen molar-refractivity contribution in [2.75, 3.05) is 5.32 Å². The molecule has 29 heavy (non-hydrogen) atoms. The molecule has 0 radical (unpaired) electrons. The number of anilines is 1. The van der Waals surface area contributed by atoms with Crippen molar-refractivity contribution >= 4 is 11.6 Å². The summed E-state index contributed by atoms with van der Waals surface area (Å²) in [6.07, 6.45) is 0. The minimum absolute atomic E-state index is 0.123. The van der Waals surface area contributed by atoms with E-state index in [2.05, 4.69) is 15.6 Å². The van der Waals surface area contributed by atoms with E-state index in [1.807, 2.05) is 30.3 Å². The third-order valence-corrected chi connectivity index (χ3v) is 4.28. The fraction of sp³-hybridized carbons (Fsp3) is 0.0455. The first-order chi connectivity index (χ1) is 14.1. The van der Waals surface area contributed by atoms with Gasteiger partial charge in [-0.25, -0.2) is 9.07 Å². The summed E-state index contributed by atoms with van der Waals surface area (Å²) in [6, 6.07) is 22.6. The molecule has 4 aromatic rings. The van der Waals surface area contributed by atoms with Crippen LogP contribution in [0.15, 0.2) is 78.9 Å². The molecule has 1 heterocycles. The number of para-hydroxylation sites is 2. The number of nitrogens with one attached hydrogen (secondary N) is 1. The molecular weight excluding hydrogens is 371 g/mol. The van der Waals surface area contributed by atoms with E-state index in [1.165, 1.54) is 10.7 Å². The summed E-state index contributed by atoms with van der Waals surface area (Å²) in [6.45, 7) is 1.66. The molecule has 0 unspecified atom stereocenters. The van der Waals surface area contributed by atoms with E-state index < -0.39 is 11.7 Å². The average Bonchev–Trinajstić information content (AvgIpc) is 3.12. The zero-order valence-electron chi connectivity index (χ0n) is 15.5. The lowest BCUT2D eigenvalue weighted by molar-refractivity contribution is 0.102. The molecule has 144 valence electrons. The molecule has 0 aliphatic carbocycles. The predicted molar refractivity (Wildman–Crippen MR) is 107 cm³/mol. The number of amides is 1. The Bertz CT molecular complexity index is 1140. The highest BCUT2D eigenvalue weighted by Gasteiger charge is 2.19. The maximum Gasteiger partial charge on any atom is 0.278 e. The smallest absolute Gasteiger partial charge is 0.278 e. The van der Waals surface area contributed by atoms with Crippen molar-refractivity contribution in [3.8, 4) is 17.2 Å². The van der Waals surface area contributed by atoms with Crippen LogP contribution in [0, 0.1) is 12.7 Å². The summed E-state index contributed by atoms with van der Waals surface area (Å²) in [5, 5.41) is 10.6. The van der Waals surface area contributed by atoms with Crippen LogP contribution in [0.4, 0.5) is 10.1 Å². The number of ether oxygens (including phenoxy) is 1. The number of halogens is 1. The molecule has 1 N–H and O–H groups in total. The molecule has 0 saturated carbocycles. The Morgan fingerprint density at radius 3 is 2.31 bits per heavy atom. The van der Waals surface area contributed by atoms with Crippen LogP contribution < -0.4 is 10.1 Å². The van der Waals surface area contributed by atoms with Crippen molar-refractivity contribution in [3.63, 3.8) is 0 Å². The first-order valence-corrected chi connectivity index (χ1v) is 8.93. The van der Waals surface area contributed by atoms with E-state index in [1.54, 1.807) is 49.4 Å². The number of rotatable bonds is 5. The van der Waals surface area contributed by atoms with E-state index in [9.17, 15) is 9.18 Å². The zero-order valence-corrected chi connectivity index (χ0v) is 15.5. The van der Waals surface area contributed by atoms with Crippen LogP contribution in [0.2, 0.25) is 0 Å². The van der Waals surface area contributed by atoms with Crippen molar-refractivity contribution in [2.24, 2.45) is 0 Å². The van der Waals surface area contributed by atoms with Crippen LogP contribution in [-0.4, -0.2) is 20.9 Å². The van der Waals surface area contributed by atoms with Gasteiger partial charge in [0.1, 0.15) is 23.0 Å². The lowest BCUT2D eigenvalue weighted by Gasteiger charge is -2.08. The number of hydrogen-bond acceptors (Lipinski definition) is 4. The molecule has 0 fully saturated rings. The number of carbonyl (C=O) groups is 1. The van der Waals surface area contributed by atoms with E-state index in [4.69, 9.17) is 4.74 Å². The van der Waals surface area contributed by atoms with E-state index in [0.29, 0.717) is 17.1 Å². The Labute approximate surface area is 166 Å². The molecule has 1 aromatic heterocycles. The van der Waals surface area contributed by atoms with Gasteiger partial charge in [0.15, 0.2) is 5.69 Å². The summed E-state index contributed by atoms with van der Waals surface area (Å²) in [4.78, 5) is 12.6. The summed E-state index contributed by atoms with van der Waals surface area (Å²) < 4.78 is 21.0. The summed E-state index contributed by atoms with van der Waals surface area (Å²) in [5.74, 6) is 0.504. The van der Waals surface area contributed by atoms with Crippen LogP contribution in [0.1, 0.15) is 16.2 Å². The Morgan fingerprint density at radius 2 is 1.59 bits per heavy atom. The lowest BCUT2D eigenvalue weighted by atomic mass is 10.2. The predicted octanol–water partition coefficient (Wildman–Crippen LogP) is 4.76. The highest BCUT2D eigenvalue weighted by Crippen LogP contribution is 2.23. The summed E-state index contributed by atoms with van der Waals surface area (Å²) >= 11 is 0. The molecule has 0 atom stereocenters. The first kappa shape index (κ1) is 18.4. The van der Waals surface area contributed by atoms with Crippen LogP contribution >= 0.6 is 0 Å². The van der Waals surface area contributed by atoms with Crippen LogP contribution in [0.25, 0.3) is 5.69 Å². The van der Waals surface area contributed by atoms with Gasteiger partial charge in [-0.1, -0.05) is 35.5 Å². The van der Waals surface area contributed by atoms with E-state index in [0.717, 1.165) is 5.75 Å². The largest absolute Gasteiger partial charge is 0.457 e. The van der Waals surface area contributed by atoms with Gasteiger partial charge in [-0.3, -0.25) is 4.79 Å². The topological polar surface area (TPSA) is 69.0 Å².